The molecular weight excluding hydrogens is 302 g/mol. The molecule has 0 N–H and O–H groups in total. The number of carbonyl (C=O) groups excluding carboxylic acids is 1. The minimum Gasteiger partial charge on any atom is -0.459 e. The zero-order valence-electron chi connectivity index (χ0n) is 14.7. The number of piperidine rings is 1. The lowest BCUT2D eigenvalue weighted by Gasteiger charge is -2.49. The molecule has 127 valence electrons. The third-order valence-electron chi connectivity index (χ3n) is 4.84. The van der Waals surface area contributed by atoms with Crippen LogP contribution in [0.3, 0.4) is 0 Å². The zero-order valence-corrected chi connectivity index (χ0v) is 14.7. The van der Waals surface area contributed by atoms with Crippen molar-refractivity contribution < 1.29 is 14.7 Å². The van der Waals surface area contributed by atoms with Crippen molar-refractivity contribution in [2.75, 3.05) is 0 Å². The molecule has 0 bridgehead atoms. The highest BCUT2D eigenvalue weighted by Crippen LogP contribution is 2.38. The van der Waals surface area contributed by atoms with E-state index in [4.69, 9.17) is 4.74 Å². The van der Waals surface area contributed by atoms with Crippen molar-refractivity contribution in [3.63, 3.8) is 0 Å². The Kier molecular flexibility index (Phi) is 4.14. The lowest BCUT2D eigenvalue weighted by Crippen LogP contribution is -2.60. The minimum absolute atomic E-state index is 0.258. The molecule has 2 aromatic carbocycles. The van der Waals surface area contributed by atoms with Gasteiger partial charge in [-0.25, -0.2) is 4.79 Å². The molecular formula is C20H24NO3. The second-order valence-electron chi connectivity index (χ2n) is 7.88. The molecule has 0 aliphatic carbocycles. The topological polar surface area (TPSA) is 49.4 Å². The SMILES string of the molecule is CC1(C)CC(OC(=O)c2cccc3ccccc23)CC(C)(C)N1[O]. The number of nitrogens with zero attached hydrogens (tertiary/aromatic N) is 1. The van der Waals surface area contributed by atoms with Gasteiger partial charge in [0.2, 0.25) is 0 Å². The van der Waals surface area contributed by atoms with Gasteiger partial charge in [0.15, 0.2) is 0 Å². The standard InChI is InChI=1S/C20H24NO3/c1-19(2)12-15(13-20(3,4)21(19)23)24-18(22)17-11-7-9-14-8-5-6-10-16(14)17/h5-11,15H,12-13H2,1-4H3. The number of hydroxylamine groups is 2. The second kappa shape index (κ2) is 5.87. The Balaban J connectivity index is 1.84. The van der Waals surface area contributed by atoms with E-state index < -0.39 is 11.1 Å². The van der Waals surface area contributed by atoms with Gasteiger partial charge in [-0.15, -0.1) is 10.3 Å². The Bertz CT molecular complexity index is 743. The molecule has 1 fully saturated rings. The van der Waals surface area contributed by atoms with E-state index in [0.29, 0.717) is 18.4 Å². The predicted octanol–water partition coefficient (Wildman–Crippen LogP) is 4.36. The van der Waals surface area contributed by atoms with Crippen LogP contribution in [0.15, 0.2) is 42.5 Å². The van der Waals surface area contributed by atoms with E-state index in [-0.39, 0.29) is 12.1 Å². The third kappa shape index (κ3) is 3.04. The number of carbonyl (C=O) groups is 1. The summed E-state index contributed by atoms with van der Waals surface area (Å²) in [6.45, 7) is 7.61. The average Bonchev–Trinajstić information content (AvgIpc) is 2.51. The Morgan fingerprint density at radius 3 is 2.25 bits per heavy atom. The number of hydrogen-bond donors (Lipinski definition) is 0. The van der Waals surface area contributed by atoms with Crippen LogP contribution in [0.2, 0.25) is 0 Å². The van der Waals surface area contributed by atoms with Gasteiger partial charge in [-0.2, -0.15) is 0 Å². The number of benzene rings is 2. The van der Waals surface area contributed by atoms with Crippen molar-refractivity contribution >= 4 is 16.7 Å². The van der Waals surface area contributed by atoms with Crippen molar-refractivity contribution in [3.8, 4) is 0 Å². The first-order chi connectivity index (χ1) is 11.2. The predicted molar refractivity (Wildman–Crippen MR) is 93.1 cm³/mol. The van der Waals surface area contributed by atoms with Gasteiger partial charge in [0.25, 0.3) is 0 Å². The van der Waals surface area contributed by atoms with Gasteiger partial charge in [0, 0.05) is 23.9 Å². The molecule has 0 aromatic heterocycles. The van der Waals surface area contributed by atoms with Crippen LogP contribution in [-0.4, -0.2) is 28.2 Å². The molecule has 4 nitrogen and oxygen atoms in total. The summed E-state index contributed by atoms with van der Waals surface area (Å²) in [5.74, 6) is -0.317. The van der Waals surface area contributed by atoms with E-state index in [1.54, 1.807) is 6.07 Å². The molecule has 0 saturated carbocycles. The molecule has 1 aliphatic rings. The average molecular weight is 326 g/mol. The smallest absolute Gasteiger partial charge is 0.339 e. The second-order valence-corrected chi connectivity index (χ2v) is 7.88. The maximum absolute atomic E-state index is 12.7. The van der Waals surface area contributed by atoms with E-state index >= 15 is 0 Å². The number of ether oxygens (including phenoxy) is 1. The van der Waals surface area contributed by atoms with Crippen LogP contribution in [0.5, 0.6) is 0 Å². The van der Waals surface area contributed by atoms with Crippen molar-refractivity contribution in [2.24, 2.45) is 0 Å². The van der Waals surface area contributed by atoms with Crippen LogP contribution in [0.1, 0.15) is 50.9 Å². The summed E-state index contributed by atoms with van der Waals surface area (Å²) in [5.41, 5.74) is -0.523. The lowest BCUT2D eigenvalue weighted by molar-refractivity contribution is -0.298. The monoisotopic (exact) mass is 326 g/mol. The molecule has 1 saturated heterocycles. The van der Waals surface area contributed by atoms with Crippen LogP contribution in [0, 0.1) is 0 Å². The summed E-state index contributed by atoms with van der Waals surface area (Å²) in [5, 5.41) is 15.5. The zero-order chi connectivity index (χ0) is 17.5. The van der Waals surface area contributed by atoms with Gasteiger partial charge in [0.05, 0.1) is 5.56 Å². The van der Waals surface area contributed by atoms with Crippen molar-refractivity contribution in [1.29, 1.82) is 0 Å². The van der Waals surface area contributed by atoms with E-state index in [9.17, 15) is 10.0 Å². The molecule has 1 radical (unpaired) electrons. The highest BCUT2D eigenvalue weighted by molar-refractivity contribution is 6.04. The number of hydrogen-bond acceptors (Lipinski definition) is 3. The lowest BCUT2D eigenvalue weighted by atomic mass is 9.80. The van der Waals surface area contributed by atoms with Gasteiger partial charge >= 0.3 is 5.97 Å². The third-order valence-corrected chi connectivity index (χ3v) is 4.84. The first-order valence-corrected chi connectivity index (χ1v) is 8.37. The van der Waals surface area contributed by atoms with Crippen LogP contribution < -0.4 is 0 Å². The maximum atomic E-state index is 12.7. The first-order valence-electron chi connectivity index (χ1n) is 8.37. The Labute approximate surface area is 143 Å². The number of fused-ring (bicyclic) bond motifs is 1. The summed E-state index contributed by atoms with van der Waals surface area (Å²) in [4.78, 5) is 12.7. The summed E-state index contributed by atoms with van der Waals surface area (Å²) >= 11 is 0. The molecule has 24 heavy (non-hydrogen) atoms. The summed E-state index contributed by atoms with van der Waals surface area (Å²) in [6.07, 6.45) is 0.819. The highest BCUT2D eigenvalue weighted by Gasteiger charge is 2.47. The Morgan fingerprint density at radius 1 is 1.00 bits per heavy atom. The Morgan fingerprint density at radius 2 is 1.58 bits per heavy atom. The molecule has 1 heterocycles. The number of esters is 1. The molecule has 0 amide bonds. The van der Waals surface area contributed by atoms with Gasteiger partial charge in [-0.05, 0) is 44.5 Å². The normalized spacial score (nSPS) is 20.9. The fourth-order valence-electron chi connectivity index (χ4n) is 3.87. The van der Waals surface area contributed by atoms with Crippen LogP contribution in [0.25, 0.3) is 10.8 Å². The molecule has 2 aromatic rings. The molecule has 0 spiro atoms. The quantitative estimate of drug-likeness (QED) is 0.770. The fraction of sp³-hybridized carbons (Fsp3) is 0.450. The first kappa shape index (κ1) is 16.9. The van der Waals surface area contributed by atoms with E-state index in [1.807, 2.05) is 64.1 Å². The minimum atomic E-state index is -0.550. The van der Waals surface area contributed by atoms with Gasteiger partial charge in [0.1, 0.15) is 6.10 Å². The van der Waals surface area contributed by atoms with Gasteiger partial charge in [-0.1, -0.05) is 36.4 Å². The van der Waals surface area contributed by atoms with Gasteiger partial charge < -0.3 is 4.74 Å². The van der Waals surface area contributed by atoms with E-state index in [1.165, 1.54) is 0 Å². The van der Waals surface area contributed by atoms with Crippen LogP contribution in [-0.2, 0) is 9.94 Å². The summed E-state index contributed by atoms with van der Waals surface area (Å²) in [6, 6.07) is 13.4. The highest BCUT2D eigenvalue weighted by atomic mass is 16.5. The van der Waals surface area contributed by atoms with Gasteiger partial charge in [-0.3, -0.25) is 0 Å². The Hall–Kier alpha value is -1.91. The molecule has 4 heteroatoms. The molecule has 0 atom stereocenters. The van der Waals surface area contributed by atoms with Crippen LogP contribution in [0.4, 0.5) is 0 Å². The molecule has 1 aliphatic heterocycles. The number of rotatable bonds is 2. The van der Waals surface area contributed by atoms with Crippen molar-refractivity contribution in [2.45, 2.75) is 57.7 Å². The van der Waals surface area contributed by atoms with Crippen LogP contribution >= 0.6 is 0 Å². The van der Waals surface area contributed by atoms with E-state index in [0.717, 1.165) is 15.8 Å². The van der Waals surface area contributed by atoms with E-state index in [2.05, 4.69) is 0 Å². The van der Waals surface area contributed by atoms with Crippen molar-refractivity contribution in [1.82, 2.24) is 5.06 Å². The molecule has 0 unspecified atom stereocenters. The summed E-state index contributed by atoms with van der Waals surface area (Å²) in [7, 11) is 0. The summed E-state index contributed by atoms with van der Waals surface area (Å²) < 4.78 is 5.80. The molecule has 3 rings (SSSR count). The fourth-order valence-corrected chi connectivity index (χ4v) is 3.87. The largest absolute Gasteiger partial charge is 0.459 e. The van der Waals surface area contributed by atoms with Crippen molar-refractivity contribution in [3.05, 3.63) is 48.0 Å². The maximum Gasteiger partial charge on any atom is 0.339 e.